The summed E-state index contributed by atoms with van der Waals surface area (Å²) < 4.78 is 5.79. The Morgan fingerprint density at radius 1 is 1.00 bits per heavy atom. The molecule has 0 unspecified atom stereocenters. The van der Waals surface area contributed by atoms with Crippen molar-refractivity contribution in [2.45, 2.75) is 65.2 Å². The topological polar surface area (TPSA) is 38.3 Å². The molecule has 1 heterocycles. The smallest absolute Gasteiger partial charge is 0.166 e. The second-order valence-corrected chi connectivity index (χ2v) is 8.99. The number of piperidine rings is 1. The molecule has 0 spiro atoms. The molecule has 1 aliphatic heterocycles. The molecule has 0 atom stereocenters. The molecule has 0 bridgehead atoms. The van der Waals surface area contributed by atoms with Crippen LogP contribution in [0, 0.1) is 5.92 Å². The van der Waals surface area contributed by atoms with Gasteiger partial charge in [-0.2, -0.15) is 0 Å². The maximum absolute atomic E-state index is 13.1. The highest BCUT2D eigenvalue weighted by atomic mass is 16.5. The van der Waals surface area contributed by atoms with Gasteiger partial charge in [-0.05, 0) is 48.9 Å². The van der Waals surface area contributed by atoms with E-state index in [0.29, 0.717) is 0 Å². The van der Waals surface area contributed by atoms with E-state index < -0.39 is 0 Å². The second kappa shape index (κ2) is 6.87. The van der Waals surface area contributed by atoms with Crippen LogP contribution in [0.15, 0.2) is 12.1 Å². The molecule has 0 aromatic heterocycles. The van der Waals surface area contributed by atoms with E-state index >= 15 is 0 Å². The van der Waals surface area contributed by atoms with Gasteiger partial charge in [0.05, 0.1) is 7.11 Å². The zero-order chi connectivity index (χ0) is 18.1. The number of carbonyl (C=O) groups excluding carboxylic acids is 1. The van der Waals surface area contributed by atoms with E-state index in [1.807, 2.05) is 0 Å². The number of hydrogen-bond acceptors (Lipinski definition) is 3. The third-order valence-electron chi connectivity index (χ3n) is 4.90. The molecule has 1 fully saturated rings. The molecule has 0 aliphatic carbocycles. The average molecular weight is 332 g/mol. The molecule has 134 valence electrons. The van der Waals surface area contributed by atoms with Crippen LogP contribution in [0.1, 0.15) is 75.9 Å². The third-order valence-corrected chi connectivity index (χ3v) is 4.90. The van der Waals surface area contributed by atoms with Gasteiger partial charge in [-0.1, -0.05) is 41.5 Å². The quantitative estimate of drug-likeness (QED) is 0.830. The summed E-state index contributed by atoms with van der Waals surface area (Å²) >= 11 is 0. The molecule has 3 heteroatoms. The first-order chi connectivity index (χ1) is 11.1. The van der Waals surface area contributed by atoms with Gasteiger partial charge >= 0.3 is 0 Å². The molecule has 0 saturated carbocycles. The minimum absolute atomic E-state index is 0.0737. The Balaban J connectivity index is 2.58. The molecule has 1 aliphatic rings. The fourth-order valence-corrected chi connectivity index (χ4v) is 3.43. The largest absolute Gasteiger partial charge is 0.496 e. The lowest BCUT2D eigenvalue weighted by atomic mass is 9.77. The van der Waals surface area contributed by atoms with Gasteiger partial charge < -0.3 is 10.1 Å². The van der Waals surface area contributed by atoms with E-state index in [1.165, 1.54) is 0 Å². The number of ketones is 1. The lowest BCUT2D eigenvalue weighted by molar-refractivity contribution is 0.0894. The molecular formula is C21H33NO2. The SMILES string of the molecule is COc1c(C(C)(C)C)cc(C(=O)C2CCNCC2)cc1C(C)(C)C. The molecule has 0 amide bonds. The highest BCUT2D eigenvalue weighted by Gasteiger charge is 2.30. The first-order valence-electron chi connectivity index (χ1n) is 9.03. The lowest BCUT2D eigenvalue weighted by Crippen LogP contribution is -2.32. The summed E-state index contributed by atoms with van der Waals surface area (Å²) in [6.07, 6.45) is 1.86. The molecule has 1 aromatic rings. The predicted molar refractivity (Wildman–Crippen MR) is 100 cm³/mol. The van der Waals surface area contributed by atoms with Crippen molar-refractivity contribution in [1.82, 2.24) is 5.32 Å². The van der Waals surface area contributed by atoms with E-state index in [-0.39, 0.29) is 22.5 Å². The Hall–Kier alpha value is -1.35. The summed E-state index contributed by atoms with van der Waals surface area (Å²) in [7, 11) is 1.73. The van der Waals surface area contributed by atoms with Crippen molar-refractivity contribution in [1.29, 1.82) is 0 Å². The number of methoxy groups -OCH3 is 1. The van der Waals surface area contributed by atoms with Crippen molar-refractivity contribution in [2.75, 3.05) is 20.2 Å². The number of benzene rings is 1. The summed E-state index contributed by atoms with van der Waals surface area (Å²) in [5.41, 5.74) is 2.94. The van der Waals surface area contributed by atoms with Crippen LogP contribution >= 0.6 is 0 Å². The van der Waals surface area contributed by atoms with Crippen molar-refractivity contribution in [3.8, 4) is 5.75 Å². The van der Waals surface area contributed by atoms with Crippen molar-refractivity contribution >= 4 is 5.78 Å². The zero-order valence-electron chi connectivity index (χ0n) is 16.4. The number of hydrogen-bond donors (Lipinski definition) is 1. The van der Waals surface area contributed by atoms with E-state index in [9.17, 15) is 4.79 Å². The number of Topliss-reactive ketones (excluding diaryl/α,β-unsaturated/α-hetero) is 1. The Bertz CT molecular complexity index is 564. The molecule has 1 saturated heterocycles. The van der Waals surface area contributed by atoms with Crippen molar-refractivity contribution in [3.63, 3.8) is 0 Å². The fraction of sp³-hybridized carbons (Fsp3) is 0.667. The molecule has 0 radical (unpaired) electrons. The standard InChI is InChI=1S/C21H33NO2/c1-20(2,3)16-12-15(18(23)14-8-10-22-11-9-14)13-17(19(16)24-7)21(4,5)6/h12-14,22H,8-11H2,1-7H3. The van der Waals surface area contributed by atoms with Gasteiger partial charge in [-0.15, -0.1) is 0 Å². The summed E-state index contributed by atoms with van der Waals surface area (Å²) in [4.78, 5) is 13.1. The summed E-state index contributed by atoms with van der Waals surface area (Å²) in [6.45, 7) is 14.9. The molecule has 2 rings (SSSR count). The highest BCUT2D eigenvalue weighted by Crippen LogP contribution is 2.41. The Labute approximate surface area is 147 Å². The van der Waals surface area contributed by atoms with Crippen LogP contribution < -0.4 is 10.1 Å². The number of ether oxygens (including phenoxy) is 1. The highest BCUT2D eigenvalue weighted by molar-refractivity contribution is 5.98. The van der Waals surface area contributed by atoms with Crippen LogP contribution in [-0.2, 0) is 10.8 Å². The van der Waals surface area contributed by atoms with Gasteiger partial charge in [-0.25, -0.2) is 0 Å². The third kappa shape index (κ3) is 4.00. The first-order valence-corrected chi connectivity index (χ1v) is 9.03. The van der Waals surface area contributed by atoms with Gasteiger partial charge in [0.25, 0.3) is 0 Å². The summed E-state index contributed by atoms with van der Waals surface area (Å²) in [6, 6.07) is 4.14. The van der Waals surface area contributed by atoms with Gasteiger partial charge in [0.1, 0.15) is 5.75 Å². The van der Waals surface area contributed by atoms with Gasteiger partial charge in [0, 0.05) is 22.6 Å². The first kappa shape index (κ1) is 19.0. The Kier molecular flexibility index (Phi) is 5.44. The normalized spacial score (nSPS) is 17.0. The minimum atomic E-state index is -0.0737. The van der Waals surface area contributed by atoms with Gasteiger partial charge in [0.2, 0.25) is 0 Å². The van der Waals surface area contributed by atoms with Crippen LogP contribution in [0.3, 0.4) is 0 Å². The molecule has 1 aromatic carbocycles. The molecule has 24 heavy (non-hydrogen) atoms. The lowest BCUT2D eigenvalue weighted by Gasteiger charge is -2.30. The fourth-order valence-electron chi connectivity index (χ4n) is 3.43. The van der Waals surface area contributed by atoms with Gasteiger partial charge in [0.15, 0.2) is 5.78 Å². The van der Waals surface area contributed by atoms with Crippen LogP contribution in [0.25, 0.3) is 0 Å². The molecule has 3 nitrogen and oxygen atoms in total. The summed E-state index contributed by atoms with van der Waals surface area (Å²) in [5, 5.41) is 3.34. The van der Waals surface area contributed by atoms with Crippen LogP contribution in [0.2, 0.25) is 0 Å². The molecule has 1 N–H and O–H groups in total. The van der Waals surface area contributed by atoms with E-state index in [4.69, 9.17) is 4.74 Å². The van der Waals surface area contributed by atoms with Crippen LogP contribution in [0.5, 0.6) is 5.75 Å². The maximum atomic E-state index is 13.1. The Morgan fingerprint density at radius 3 is 1.83 bits per heavy atom. The Morgan fingerprint density at radius 2 is 1.46 bits per heavy atom. The zero-order valence-corrected chi connectivity index (χ0v) is 16.4. The summed E-state index contributed by atoms with van der Waals surface area (Å²) in [5.74, 6) is 1.35. The maximum Gasteiger partial charge on any atom is 0.166 e. The predicted octanol–water partition coefficient (Wildman–Crippen LogP) is 4.47. The average Bonchev–Trinajstić information content (AvgIpc) is 2.52. The van der Waals surface area contributed by atoms with Gasteiger partial charge in [-0.3, -0.25) is 4.79 Å². The number of rotatable bonds is 3. The van der Waals surface area contributed by atoms with Crippen molar-refractivity contribution in [2.24, 2.45) is 5.92 Å². The van der Waals surface area contributed by atoms with E-state index in [1.54, 1.807) is 7.11 Å². The number of carbonyl (C=O) groups is 1. The second-order valence-electron chi connectivity index (χ2n) is 8.99. The number of nitrogens with one attached hydrogen (secondary N) is 1. The monoisotopic (exact) mass is 331 g/mol. The van der Waals surface area contributed by atoms with E-state index in [2.05, 4.69) is 59.0 Å². The van der Waals surface area contributed by atoms with Crippen LogP contribution in [-0.4, -0.2) is 26.0 Å². The van der Waals surface area contributed by atoms with Crippen LogP contribution in [0.4, 0.5) is 0 Å². The van der Waals surface area contributed by atoms with Crippen molar-refractivity contribution in [3.05, 3.63) is 28.8 Å². The molecular weight excluding hydrogens is 298 g/mol. The van der Waals surface area contributed by atoms with Crippen molar-refractivity contribution < 1.29 is 9.53 Å². The van der Waals surface area contributed by atoms with E-state index in [0.717, 1.165) is 48.4 Å². The minimum Gasteiger partial charge on any atom is -0.496 e.